The highest BCUT2D eigenvalue weighted by Gasteiger charge is 2.41. The number of aromatic nitrogens is 2. The molecule has 1 aliphatic heterocycles. The third-order valence-electron chi connectivity index (χ3n) is 8.18. The number of likely N-dealkylation sites (N-methyl/N-ethyl adjacent to an activating group) is 1. The predicted octanol–water partition coefficient (Wildman–Crippen LogP) is 5.13. The first-order valence-corrected chi connectivity index (χ1v) is 14.7. The predicted molar refractivity (Wildman–Crippen MR) is 164 cm³/mol. The molecular weight excluding hydrogens is 518 g/mol. The number of allylic oxidation sites excluding steroid dienone is 1. The zero-order valence-electron chi connectivity index (χ0n) is 27.1. The van der Waals surface area contributed by atoms with Crippen LogP contribution in [0.3, 0.4) is 0 Å². The molecule has 0 bridgehead atoms. The molecule has 1 aromatic carbocycles. The first-order valence-electron chi connectivity index (χ1n) is 14.7. The van der Waals surface area contributed by atoms with E-state index in [4.69, 9.17) is 9.47 Å². The number of amides is 2. The van der Waals surface area contributed by atoms with Gasteiger partial charge in [0, 0.05) is 51.1 Å². The smallest absolute Gasteiger partial charge is 0.257 e. The van der Waals surface area contributed by atoms with Crippen LogP contribution in [0.4, 0.5) is 0 Å². The van der Waals surface area contributed by atoms with Crippen LogP contribution in [0, 0.1) is 6.92 Å². The van der Waals surface area contributed by atoms with Crippen LogP contribution < -0.4 is 4.74 Å². The van der Waals surface area contributed by atoms with Gasteiger partial charge in [0.15, 0.2) is 0 Å². The summed E-state index contributed by atoms with van der Waals surface area (Å²) in [7, 11) is 9.11. The number of benzene rings is 1. The van der Waals surface area contributed by atoms with Crippen molar-refractivity contribution in [2.24, 2.45) is 7.05 Å². The van der Waals surface area contributed by atoms with Gasteiger partial charge in [-0.2, -0.15) is 5.10 Å². The van der Waals surface area contributed by atoms with Gasteiger partial charge in [-0.15, -0.1) is 0 Å². The van der Waals surface area contributed by atoms with Gasteiger partial charge >= 0.3 is 0 Å². The number of aryl methyl sites for hydroxylation is 2. The van der Waals surface area contributed by atoms with Crippen LogP contribution in [0.2, 0.25) is 0 Å². The molecule has 9 nitrogen and oxygen atoms in total. The van der Waals surface area contributed by atoms with Gasteiger partial charge in [0.2, 0.25) is 6.41 Å². The Morgan fingerprint density at radius 2 is 1.90 bits per heavy atom. The summed E-state index contributed by atoms with van der Waals surface area (Å²) in [4.78, 5) is 31.9. The molecule has 3 rings (SSSR count). The highest BCUT2D eigenvalue weighted by Crippen LogP contribution is 2.42. The van der Waals surface area contributed by atoms with E-state index in [0.717, 1.165) is 47.5 Å². The SMILES string of the molecule is CC.CCN(C)C(CC)(CCN(C)C(=O)c1cn(C)nc1C)C1=C[C@H](C)c2c(cc(COC)cc2OC)CN1C=O. The summed E-state index contributed by atoms with van der Waals surface area (Å²) in [5.74, 6) is 0.765. The number of carbonyl (C=O) groups is 2. The lowest BCUT2D eigenvalue weighted by Crippen LogP contribution is -2.53. The molecule has 228 valence electrons. The lowest BCUT2D eigenvalue weighted by Gasteiger charge is -2.46. The fourth-order valence-corrected chi connectivity index (χ4v) is 5.93. The summed E-state index contributed by atoms with van der Waals surface area (Å²) in [6.45, 7) is 14.5. The molecule has 0 aliphatic carbocycles. The number of methoxy groups -OCH3 is 2. The molecule has 0 saturated carbocycles. The summed E-state index contributed by atoms with van der Waals surface area (Å²) in [5.41, 5.74) is 4.96. The average molecular weight is 570 g/mol. The Bertz CT molecular complexity index is 1210. The first-order chi connectivity index (χ1) is 19.6. The molecule has 41 heavy (non-hydrogen) atoms. The highest BCUT2D eigenvalue weighted by atomic mass is 16.5. The van der Waals surface area contributed by atoms with E-state index < -0.39 is 5.54 Å². The normalized spacial score (nSPS) is 16.1. The summed E-state index contributed by atoms with van der Waals surface area (Å²) >= 11 is 0. The maximum absolute atomic E-state index is 13.3. The second kappa shape index (κ2) is 15.2. The number of carbonyl (C=O) groups excluding carboxylic acids is 2. The lowest BCUT2D eigenvalue weighted by atomic mass is 9.83. The molecular formula is C32H51N5O4. The summed E-state index contributed by atoms with van der Waals surface area (Å²) in [5, 5.41) is 4.33. The van der Waals surface area contributed by atoms with Gasteiger partial charge in [-0.05, 0) is 50.6 Å². The van der Waals surface area contributed by atoms with Crippen molar-refractivity contribution in [2.75, 3.05) is 41.4 Å². The number of ether oxygens (including phenoxy) is 2. The van der Waals surface area contributed by atoms with Crippen molar-refractivity contribution in [1.82, 2.24) is 24.5 Å². The minimum absolute atomic E-state index is 0.0140. The monoisotopic (exact) mass is 569 g/mol. The number of hydrogen-bond acceptors (Lipinski definition) is 6. The third-order valence-corrected chi connectivity index (χ3v) is 8.18. The van der Waals surface area contributed by atoms with Gasteiger partial charge < -0.3 is 19.3 Å². The van der Waals surface area contributed by atoms with Crippen LogP contribution in [0.15, 0.2) is 30.1 Å². The topological polar surface area (TPSA) is 80.1 Å². The van der Waals surface area contributed by atoms with Crippen LogP contribution in [0.1, 0.15) is 86.1 Å². The molecule has 1 unspecified atom stereocenters. The summed E-state index contributed by atoms with van der Waals surface area (Å²) in [6.07, 6.45) is 6.36. The van der Waals surface area contributed by atoms with E-state index in [1.54, 1.807) is 30.0 Å². The molecule has 0 fully saturated rings. The quantitative estimate of drug-likeness (QED) is 0.330. The molecule has 9 heteroatoms. The van der Waals surface area contributed by atoms with Gasteiger partial charge in [0.25, 0.3) is 5.91 Å². The maximum Gasteiger partial charge on any atom is 0.257 e. The molecule has 0 radical (unpaired) electrons. The van der Waals surface area contributed by atoms with Crippen molar-refractivity contribution in [2.45, 2.75) is 79.0 Å². The largest absolute Gasteiger partial charge is 0.496 e. The van der Waals surface area contributed by atoms with E-state index in [-0.39, 0.29) is 11.8 Å². The highest BCUT2D eigenvalue weighted by molar-refractivity contribution is 5.94. The van der Waals surface area contributed by atoms with E-state index in [9.17, 15) is 9.59 Å². The molecule has 1 aromatic heterocycles. The Labute approximate surface area is 247 Å². The minimum atomic E-state index is -0.465. The van der Waals surface area contributed by atoms with Crippen LogP contribution >= 0.6 is 0 Å². The Morgan fingerprint density at radius 1 is 1.22 bits per heavy atom. The Kier molecular flexibility index (Phi) is 12.6. The Balaban J connectivity index is 0.00000287. The summed E-state index contributed by atoms with van der Waals surface area (Å²) in [6, 6.07) is 4.14. The maximum atomic E-state index is 13.3. The fourth-order valence-electron chi connectivity index (χ4n) is 5.93. The standard InChI is InChI=1S/C30H45N5O4.C2H6/c1-10-30(33(6)11-2,12-13-32(5)29(37)25-18-34(7)31-22(25)4)27-14-21(3)28-24(17-35(27)20-36)15-23(19-38-8)16-26(28)39-9;1-2/h14-16,18,20-21H,10-13,17,19H2,1-9H3;1-2H3/t21-,30?;/m0./s1. The number of hydrogen-bond donors (Lipinski definition) is 0. The van der Waals surface area contributed by atoms with Crippen molar-refractivity contribution in [3.8, 4) is 5.75 Å². The van der Waals surface area contributed by atoms with E-state index in [2.05, 4.69) is 50.0 Å². The van der Waals surface area contributed by atoms with Gasteiger partial charge in [0.1, 0.15) is 5.75 Å². The van der Waals surface area contributed by atoms with E-state index in [1.807, 2.05) is 45.8 Å². The first kappa shape index (κ1) is 34.0. The van der Waals surface area contributed by atoms with Crippen LogP contribution in [-0.2, 0) is 29.7 Å². The Hall–Kier alpha value is -3.17. The molecule has 1 aliphatic rings. The van der Waals surface area contributed by atoms with Crippen molar-refractivity contribution in [3.63, 3.8) is 0 Å². The molecule has 2 amide bonds. The van der Waals surface area contributed by atoms with Gasteiger partial charge in [0.05, 0.1) is 37.1 Å². The fraction of sp³-hybridized carbons (Fsp3) is 0.594. The zero-order chi connectivity index (χ0) is 30.9. The average Bonchev–Trinajstić information content (AvgIpc) is 3.24. The molecule has 0 spiro atoms. The van der Waals surface area contributed by atoms with E-state index in [0.29, 0.717) is 37.4 Å². The van der Waals surface area contributed by atoms with Crippen molar-refractivity contribution < 1.29 is 19.1 Å². The van der Waals surface area contributed by atoms with Gasteiger partial charge in [-0.1, -0.05) is 46.8 Å². The van der Waals surface area contributed by atoms with Gasteiger partial charge in [-0.3, -0.25) is 19.2 Å². The number of fused-ring (bicyclic) bond motifs is 1. The zero-order valence-corrected chi connectivity index (χ0v) is 27.1. The van der Waals surface area contributed by atoms with Crippen LogP contribution in [-0.4, -0.2) is 83.7 Å². The number of nitrogens with zero attached hydrogens (tertiary/aromatic N) is 5. The molecule has 0 saturated heterocycles. The van der Waals surface area contributed by atoms with Gasteiger partial charge in [-0.25, -0.2) is 0 Å². The van der Waals surface area contributed by atoms with E-state index in [1.165, 1.54) is 0 Å². The lowest BCUT2D eigenvalue weighted by molar-refractivity contribution is -0.118. The minimum Gasteiger partial charge on any atom is -0.496 e. The van der Waals surface area contributed by atoms with Crippen LogP contribution in [0.25, 0.3) is 0 Å². The molecule has 2 heterocycles. The second-order valence-electron chi connectivity index (χ2n) is 10.6. The van der Waals surface area contributed by atoms with E-state index >= 15 is 0 Å². The van der Waals surface area contributed by atoms with Crippen molar-refractivity contribution in [3.05, 3.63) is 58.1 Å². The third kappa shape index (κ3) is 7.19. The molecule has 2 atom stereocenters. The Morgan fingerprint density at radius 3 is 2.41 bits per heavy atom. The molecule has 2 aromatic rings. The van der Waals surface area contributed by atoms with Crippen molar-refractivity contribution in [1.29, 1.82) is 0 Å². The number of rotatable bonds is 12. The summed E-state index contributed by atoms with van der Waals surface area (Å²) < 4.78 is 12.9. The van der Waals surface area contributed by atoms with Crippen LogP contribution in [0.5, 0.6) is 5.75 Å². The van der Waals surface area contributed by atoms with Crippen molar-refractivity contribution >= 4 is 12.3 Å². The second-order valence-corrected chi connectivity index (χ2v) is 10.6. The molecule has 0 N–H and O–H groups in total.